The first-order valence-corrected chi connectivity index (χ1v) is 12.2. The van der Waals surface area contributed by atoms with Gasteiger partial charge in [0.2, 0.25) is 0 Å². The number of nitrogens with one attached hydrogen (secondary N) is 1. The van der Waals surface area contributed by atoms with Gasteiger partial charge in [-0.3, -0.25) is 10.1 Å². The molecule has 166 valence electrons. The summed E-state index contributed by atoms with van der Waals surface area (Å²) in [6.45, 7) is 0. The van der Waals surface area contributed by atoms with E-state index in [4.69, 9.17) is 15.8 Å². The monoisotopic (exact) mass is 497 g/mol. The summed E-state index contributed by atoms with van der Waals surface area (Å²) in [4.78, 5) is 12.7. The molecule has 1 aliphatic heterocycles. The fourth-order valence-corrected chi connectivity index (χ4v) is 4.56. The molecule has 0 saturated carbocycles. The van der Waals surface area contributed by atoms with Crippen molar-refractivity contribution in [2.24, 2.45) is 10.2 Å². The van der Waals surface area contributed by atoms with Crippen molar-refractivity contribution in [3.05, 3.63) is 99.9 Å². The number of benzene rings is 3. The molecule has 0 unspecified atom stereocenters. The summed E-state index contributed by atoms with van der Waals surface area (Å²) in [6, 6.07) is 21.4. The average Bonchev–Trinajstić information content (AvgIpc) is 3.16. The Morgan fingerprint density at radius 3 is 2.27 bits per heavy atom. The fourth-order valence-electron chi connectivity index (χ4n) is 2.70. The van der Waals surface area contributed by atoms with Crippen LogP contribution >= 0.6 is 23.4 Å². The molecule has 3 aromatic rings. The summed E-state index contributed by atoms with van der Waals surface area (Å²) in [5, 5.41) is 11.6. The van der Waals surface area contributed by atoms with Gasteiger partial charge < -0.3 is 4.18 Å². The second kappa shape index (κ2) is 10.0. The van der Waals surface area contributed by atoms with Gasteiger partial charge in [0.25, 0.3) is 5.91 Å². The third-order valence-corrected chi connectivity index (χ3v) is 6.71. The number of hydrogen-bond acceptors (Lipinski definition) is 7. The van der Waals surface area contributed by atoms with Gasteiger partial charge in [0, 0.05) is 5.02 Å². The van der Waals surface area contributed by atoms with Crippen molar-refractivity contribution in [3.63, 3.8) is 0 Å². The molecular formula is C23H16ClN3O4S2. The van der Waals surface area contributed by atoms with Gasteiger partial charge in [0.1, 0.15) is 10.6 Å². The molecule has 0 aliphatic carbocycles. The van der Waals surface area contributed by atoms with Gasteiger partial charge in [-0.15, -0.1) is 5.10 Å². The number of carbonyl (C=O) groups is 1. The Morgan fingerprint density at radius 2 is 1.58 bits per heavy atom. The van der Waals surface area contributed by atoms with E-state index >= 15 is 0 Å². The van der Waals surface area contributed by atoms with Crippen molar-refractivity contribution in [3.8, 4) is 5.75 Å². The number of carbonyl (C=O) groups excluding carboxylic acids is 1. The van der Waals surface area contributed by atoms with Crippen molar-refractivity contribution in [2.75, 3.05) is 0 Å². The highest BCUT2D eigenvalue weighted by Gasteiger charge is 2.23. The zero-order valence-electron chi connectivity index (χ0n) is 16.9. The molecule has 1 fully saturated rings. The highest BCUT2D eigenvalue weighted by molar-refractivity contribution is 8.18. The number of amidine groups is 1. The van der Waals surface area contributed by atoms with Gasteiger partial charge in [0.15, 0.2) is 5.17 Å². The highest BCUT2D eigenvalue weighted by atomic mass is 35.5. The van der Waals surface area contributed by atoms with E-state index in [1.54, 1.807) is 48.5 Å². The van der Waals surface area contributed by atoms with Crippen LogP contribution in [0.15, 0.2) is 98.9 Å². The fraction of sp³-hybridized carbons (Fsp3) is 0. The van der Waals surface area contributed by atoms with Crippen molar-refractivity contribution >= 4 is 56.8 Å². The van der Waals surface area contributed by atoms with E-state index in [0.29, 0.717) is 20.7 Å². The van der Waals surface area contributed by atoms with Crippen LogP contribution in [0.1, 0.15) is 11.1 Å². The lowest BCUT2D eigenvalue weighted by molar-refractivity contribution is -0.115. The van der Waals surface area contributed by atoms with E-state index in [1.807, 2.05) is 12.1 Å². The van der Waals surface area contributed by atoms with Crippen molar-refractivity contribution in [1.82, 2.24) is 5.32 Å². The minimum absolute atomic E-state index is 0.0760. The Kier molecular flexibility index (Phi) is 6.93. The van der Waals surface area contributed by atoms with E-state index < -0.39 is 10.1 Å². The maximum absolute atomic E-state index is 12.3. The first kappa shape index (κ1) is 22.8. The van der Waals surface area contributed by atoms with Crippen LogP contribution in [-0.2, 0) is 14.9 Å². The number of nitrogens with zero attached hydrogens (tertiary/aromatic N) is 2. The molecule has 1 heterocycles. The average molecular weight is 498 g/mol. The van der Waals surface area contributed by atoms with Gasteiger partial charge in [-0.1, -0.05) is 41.9 Å². The largest absolute Gasteiger partial charge is 0.379 e. The van der Waals surface area contributed by atoms with Crippen LogP contribution < -0.4 is 9.50 Å². The van der Waals surface area contributed by atoms with E-state index in [1.165, 1.54) is 42.2 Å². The predicted octanol–water partition coefficient (Wildman–Crippen LogP) is 4.70. The summed E-state index contributed by atoms with van der Waals surface area (Å²) >= 11 is 7.05. The summed E-state index contributed by atoms with van der Waals surface area (Å²) in [7, 11) is -3.90. The Morgan fingerprint density at radius 1 is 0.909 bits per heavy atom. The maximum atomic E-state index is 12.3. The lowest BCUT2D eigenvalue weighted by Gasteiger charge is -2.06. The molecule has 1 amide bonds. The molecule has 1 saturated heterocycles. The molecule has 33 heavy (non-hydrogen) atoms. The van der Waals surface area contributed by atoms with E-state index in [-0.39, 0.29) is 16.6 Å². The summed E-state index contributed by atoms with van der Waals surface area (Å²) in [5.74, 6) is -0.0806. The van der Waals surface area contributed by atoms with Gasteiger partial charge in [-0.05, 0) is 77.5 Å². The summed E-state index contributed by atoms with van der Waals surface area (Å²) in [5.41, 5.74) is 1.52. The van der Waals surface area contributed by atoms with Gasteiger partial charge in [0.05, 0.1) is 11.1 Å². The van der Waals surface area contributed by atoms with Crippen LogP contribution in [0.4, 0.5) is 0 Å². The molecule has 10 heteroatoms. The minimum Gasteiger partial charge on any atom is -0.379 e. The van der Waals surface area contributed by atoms with Crippen LogP contribution in [0, 0.1) is 0 Å². The number of thioether (sulfide) groups is 1. The third kappa shape index (κ3) is 6.10. The molecule has 1 aliphatic rings. The van der Waals surface area contributed by atoms with Crippen molar-refractivity contribution in [1.29, 1.82) is 0 Å². The SMILES string of the molecule is O=C1N/C(=N\N=C\c2ccc(OS(=O)(=O)c3ccccc3)cc2)S/C1=C/c1ccc(Cl)cc1. The highest BCUT2D eigenvalue weighted by Crippen LogP contribution is 2.26. The first-order valence-electron chi connectivity index (χ1n) is 9.56. The molecule has 0 spiro atoms. The van der Waals surface area contributed by atoms with Crippen LogP contribution in [0.2, 0.25) is 5.02 Å². The van der Waals surface area contributed by atoms with Crippen LogP contribution in [0.3, 0.4) is 0 Å². The molecule has 0 bridgehead atoms. The molecule has 0 aromatic heterocycles. The van der Waals surface area contributed by atoms with Gasteiger partial charge >= 0.3 is 10.1 Å². The Labute approximate surface area is 200 Å². The minimum atomic E-state index is -3.90. The molecule has 0 atom stereocenters. The number of halogens is 1. The van der Waals surface area contributed by atoms with E-state index in [0.717, 1.165) is 5.56 Å². The van der Waals surface area contributed by atoms with E-state index in [2.05, 4.69) is 15.5 Å². The van der Waals surface area contributed by atoms with Gasteiger partial charge in [-0.2, -0.15) is 13.5 Å². The molecule has 7 nitrogen and oxygen atoms in total. The number of rotatable bonds is 6. The Balaban J connectivity index is 1.38. The van der Waals surface area contributed by atoms with Crippen molar-refractivity contribution < 1.29 is 17.4 Å². The molecule has 0 radical (unpaired) electrons. The summed E-state index contributed by atoms with van der Waals surface area (Å²) in [6.07, 6.45) is 3.22. The van der Waals surface area contributed by atoms with E-state index in [9.17, 15) is 13.2 Å². The smallest absolute Gasteiger partial charge is 0.339 e. The predicted molar refractivity (Wildman–Crippen MR) is 131 cm³/mol. The maximum Gasteiger partial charge on any atom is 0.339 e. The second-order valence-corrected chi connectivity index (χ2v) is 9.70. The van der Waals surface area contributed by atoms with Gasteiger partial charge in [-0.25, -0.2) is 0 Å². The standard InChI is InChI=1S/C23H16ClN3O4S2/c24-18-10-6-16(7-11-18)14-21-22(28)26-23(32-21)27-25-15-17-8-12-19(13-9-17)31-33(29,30)20-4-2-1-3-5-20/h1-15H,(H,26,27,28)/b21-14+,25-15+. The third-order valence-electron chi connectivity index (χ3n) is 4.29. The number of hydrogen-bond donors (Lipinski definition) is 1. The van der Waals surface area contributed by atoms with Crippen LogP contribution in [0.25, 0.3) is 6.08 Å². The normalized spacial score (nSPS) is 16.5. The van der Waals surface area contributed by atoms with Crippen molar-refractivity contribution in [2.45, 2.75) is 4.90 Å². The lowest BCUT2D eigenvalue weighted by Crippen LogP contribution is -2.19. The second-order valence-electron chi connectivity index (χ2n) is 6.69. The summed E-state index contributed by atoms with van der Waals surface area (Å²) < 4.78 is 29.7. The van der Waals surface area contributed by atoms with Crippen LogP contribution in [0.5, 0.6) is 5.75 Å². The first-order chi connectivity index (χ1) is 15.9. The molecular weight excluding hydrogens is 482 g/mol. The quantitative estimate of drug-likeness (QED) is 0.230. The zero-order chi connectivity index (χ0) is 23.3. The van der Waals surface area contributed by atoms with Crippen LogP contribution in [-0.4, -0.2) is 25.7 Å². The lowest BCUT2D eigenvalue weighted by atomic mass is 10.2. The molecule has 4 rings (SSSR count). The topological polar surface area (TPSA) is 97.2 Å². The molecule has 3 aromatic carbocycles. The zero-order valence-corrected chi connectivity index (χ0v) is 19.3. The number of amides is 1. The Hall–Kier alpha value is -3.40. The molecule has 1 N–H and O–H groups in total. The Bertz CT molecular complexity index is 1350.